The molecule has 0 saturated heterocycles. The van der Waals surface area contributed by atoms with Gasteiger partial charge in [0.2, 0.25) is 0 Å². The fourth-order valence-electron chi connectivity index (χ4n) is 4.49. The predicted molar refractivity (Wildman–Crippen MR) is 93.9 cm³/mol. The summed E-state index contributed by atoms with van der Waals surface area (Å²) in [5, 5.41) is 0. The van der Waals surface area contributed by atoms with Crippen LogP contribution in [0, 0.1) is 22.7 Å². The van der Waals surface area contributed by atoms with Crippen LogP contribution in [-0.2, 0) is 9.53 Å². The van der Waals surface area contributed by atoms with Gasteiger partial charge in [-0.25, -0.2) is 0 Å². The number of carbonyl (C=O) groups excluding carboxylic acids is 1. The molecule has 0 bridgehead atoms. The molecule has 2 nitrogen and oxygen atoms in total. The molecule has 0 aromatic rings. The van der Waals surface area contributed by atoms with Gasteiger partial charge in [0.1, 0.15) is 5.78 Å². The highest BCUT2D eigenvalue weighted by Gasteiger charge is 2.51. The van der Waals surface area contributed by atoms with Gasteiger partial charge >= 0.3 is 0 Å². The first-order valence-corrected chi connectivity index (χ1v) is 8.99. The number of methoxy groups -OCH3 is 1. The average molecular weight is 309 g/mol. The van der Waals surface area contributed by atoms with Gasteiger partial charge in [0.25, 0.3) is 0 Å². The van der Waals surface area contributed by atoms with Crippen LogP contribution in [0.1, 0.15) is 73.1 Å². The molecule has 1 saturated carbocycles. The first-order valence-electron chi connectivity index (χ1n) is 8.99. The molecule has 0 aromatic carbocycles. The summed E-state index contributed by atoms with van der Waals surface area (Å²) < 4.78 is 5.53. The summed E-state index contributed by atoms with van der Waals surface area (Å²) in [6.07, 6.45) is 8.63. The summed E-state index contributed by atoms with van der Waals surface area (Å²) in [6.45, 7) is 14.8. The van der Waals surface area contributed by atoms with Crippen LogP contribution in [0.15, 0.2) is 12.7 Å². The number of ketones is 1. The molecule has 2 unspecified atom stereocenters. The SMILES string of the molecule is C=CC(C)C(CC)C(=O)C(C)(C)C1(CC)CCC(OC)CC1. The van der Waals surface area contributed by atoms with Crippen LogP contribution in [0.25, 0.3) is 0 Å². The number of hydrogen-bond acceptors (Lipinski definition) is 2. The second-order valence-corrected chi connectivity index (χ2v) is 7.67. The maximum atomic E-state index is 13.3. The van der Waals surface area contributed by atoms with Gasteiger partial charge in [0.05, 0.1) is 6.10 Å². The Labute approximate surface area is 137 Å². The minimum atomic E-state index is -0.279. The molecule has 2 atom stereocenters. The van der Waals surface area contributed by atoms with E-state index < -0.39 is 0 Å². The summed E-state index contributed by atoms with van der Waals surface area (Å²) >= 11 is 0. The van der Waals surface area contributed by atoms with E-state index in [1.54, 1.807) is 7.11 Å². The lowest BCUT2D eigenvalue weighted by Gasteiger charge is -2.50. The molecule has 128 valence electrons. The van der Waals surface area contributed by atoms with E-state index in [1.165, 1.54) is 0 Å². The first kappa shape index (κ1) is 19.4. The van der Waals surface area contributed by atoms with Crippen molar-refractivity contribution in [3.05, 3.63) is 12.7 Å². The Kier molecular flexibility index (Phi) is 6.85. The fourth-order valence-corrected chi connectivity index (χ4v) is 4.49. The van der Waals surface area contributed by atoms with E-state index in [-0.39, 0.29) is 22.7 Å². The van der Waals surface area contributed by atoms with Gasteiger partial charge in [-0.3, -0.25) is 4.79 Å². The first-order chi connectivity index (χ1) is 10.3. The van der Waals surface area contributed by atoms with Gasteiger partial charge in [-0.2, -0.15) is 0 Å². The van der Waals surface area contributed by atoms with Crippen LogP contribution in [0.5, 0.6) is 0 Å². The number of allylic oxidation sites excluding steroid dienone is 1. The molecule has 1 fully saturated rings. The van der Waals surface area contributed by atoms with Crippen molar-refractivity contribution >= 4 is 5.78 Å². The topological polar surface area (TPSA) is 26.3 Å². The van der Waals surface area contributed by atoms with Crippen molar-refractivity contribution in [1.82, 2.24) is 0 Å². The number of Topliss-reactive ketones (excluding diaryl/α,β-unsaturated/α-hetero) is 1. The van der Waals surface area contributed by atoms with Crippen LogP contribution in [-0.4, -0.2) is 19.0 Å². The van der Waals surface area contributed by atoms with E-state index in [9.17, 15) is 4.79 Å². The van der Waals surface area contributed by atoms with Crippen molar-refractivity contribution in [2.75, 3.05) is 7.11 Å². The quantitative estimate of drug-likeness (QED) is 0.560. The molecule has 0 N–H and O–H groups in total. The molecule has 1 rings (SSSR count). The maximum absolute atomic E-state index is 13.3. The van der Waals surface area contributed by atoms with Crippen molar-refractivity contribution in [2.24, 2.45) is 22.7 Å². The molecule has 2 heteroatoms. The van der Waals surface area contributed by atoms with Gasteiger partial charge in [-0.15, -0.1) is 6.58 Å². The van der Waals surface area contributed by atoms with Crippen LogP contribution in [0.3, 0.4) is 0 Å². The van der Waals surface area contributed by atoms with E-state index in [4.69, 9.17) is 4.74 Å². The molecule has 0 aromatic heterocycles. The van der Waals surface area contributed by atoms with Crippen molar-refractivity contribution in [2.45, 2.75) is 79.2 Å². The monoisotopic (exact) mass is 308 g/mol. The van der Waals surface area contributed by atoms with Crippen molar-refractivity contribution < 1.29 is 9.53 Å². The van der Waals surface area contributed by atoms with Crippen molar-refractivity contribution in [3.8, 4) is 0 Å². The Morgan fingerprint density at radius 3 is 2.27 bits per heavy atom. The van der Waals surface area contributed by atoms with E-state index in [0.717, 1.165) is 38.5 Å². The van der Waals surface area contributed by atoms with Gasteiger partial charge in [0.15, 0.2) is 0 Å². The molecule has 0 heterocycles. The van der Waals surface area contributed by atoms with E-state index in [1.807, 2.05) is 6.08 Å². The summed E-state index contributed by atoms with van der Waals surface area (Å²) in [5.74, 6) is 0.775. The van der Waals surface area contributed by atoms with Crippen LogP contribution < -0.4 is 0 Å². The minimum Gasteiger partial charge on any atom is -0.381 e. The molecule has 22 heavy (non-hydrogen) atoms. The Morgan fingerprint density at radius 2 is 1.91 bits per heavy atom. The fraction of sp³-hybridized carbons (Fsp3) is 0.850. The molecular formula is C20H36O2. The highest BCUT2D eigenvalue weighted by molar-refractivity contribution is 5.87. The Morgan fingerprint density at radius 1 is 1.36 bits per heavy atom. The summed E-state index contributed by atoms with van der Waals surface area (Å²) in [6, 6.07) is 0. The van der Waals surface area contributed by atoms with Gasteiger partial charge < -0.3 is 4.74 Å². The standard InChI is InChI=1S/C20H36O2/c1-8-15(4)17(9-2)18(21)19(5,6)20(10-3)13-11-16(22-7)12-14-20/h8,15-17H,1,9-14H2,2-7H3. The molecule has 0 radical (unpaired) electrons. The summed E-state index contributed by atoms with van der Waals surface area (Å²) in [7, 11) is 1.80. The van der Waals surface area contributed by atoms with Crippen LogP contribution in [0.2, 0.25) is 0 Å². The normalized spacial score (nSPS) is 28.9. The molecule has 0 spiro atoms. The second kappa shape index (κ2) is 7.77. The predicted octanol–water partition coefficient (Wildman–Crippen LogP) is 5.42. The highest BCUT2D eigenvalue weighted by Crippen LogP contribution is 2.54. The zero-order chi connectivity index (χ0) is 17.0. The Hall–Kier alpha value is -0.630. The lowest BCUT2D eigenvalue weighted by Crippen LogP contribution is -2.49. The molecule has 0 amide bonds. The molecular weight excluding hydrogens is 272 g/mol. The zero-order valence-corrected chi connectivity index (χ0v) is 15.6. The van der Waals surface area contributed by atoms with Gasteiger partial charge in [-0.1, -0.05) is 40.7 Å². The van der Waals surface area contributed by atoms with E-state index >= 15 is 0 Å². The van der Waals surface area contributed by atoms with Crippen molar-refractivity contribution in [3.63, 3.8) is 0 Å². The smallest absolute Gasteiger partial charge is 0.142 e. The zero-order valence-electron chi connectivity index (χ0n) is 15.6. The number of carbonyl (C=O) groups is 1. The second-order valence-electron chi connectivity index (χ2n) is 7.67. The van der Waals surface area contributed by atoms with Crippen LogP contribution >= 0.6 is 0 Å². The Balaban J connectivity index is 3.03. The highest BCUT2D eigenvalue weighted by atomic mass is 16.5. The van der Waals surface area contributed by atoms with Crippen molar-refractivity contribution in [1.29, 1.82) is 0 Å². The average Bonchev–Trinajstić information content (AvgIpc) is 2.54. The molecule has 1 aliphatic carbocycles. The van der Waals surface area contributed by atoms with E-state index in [2.05, 4.69) is 41.2 Å². The summed E-state index contributed by atoms with van der Waals surface area (Å²) in [5.41, 5.74) is -0.161. The van der Waals surface area contributed by atoms with Crippen LogP contribution in [0.4, 0.5) is 0 Å². The van der Waals surface area contributed by atoms with Gasteiger partial charge in [0, 0.05) is 18.4 Å². The largest absolute Gasteiger partial charge is 0.381 e. The summed E-state index contributed by atoms with van der Waals surface area (Å²) in [4.78, 5) is 13.3. The lowest BCUT2D eigenvalue weighted by atomic mass is 9.53. The number of ether oxygens (including phenoxy) is 1. The van der Waals surface area contributed by atoms with E-state index in [0.29, 0.717) is 11.9 Å². The lowest BCUT2D eigenvalue weighted by molar-refractivity contribution is -0.144. The third-order valence-electron chi connectivity index (χ3n) is 6.62. The molecule has 1 aliphatic rings. The number of rotatable bonds is 8. The van der Waals surface area contributed by atoms with Gasteiger partial charge in [-0.05, 0) is 49.9 Å². The maximum Gasteiger partial charge on any atom is 0.142 e. The number of hydrogen-bond donors (Lipinski definition) is 0. The minimum absolute atomic E-state index is 0.0936. The molecule has 0 aliphatic heterocycles. The third kappa shape index (κ3) is 3.48. The third-order valence-corrected chi connectivity index (χ3v) is 6.62. The Bertz CT molecular complexity index is 375.